The molecule has 0 unspecified atom stereocenters. The van der Waals surface area contributed by atoms with E-state index in [2.05, 4.69) is 37.5 Å². The van der Waals surface area contributed by atoms with Gasteiger partial charge in [-0.2, -0.15) is 0 Å². The molecule has 0 N–H and O–H groups in total. The fraction of sp³-hybridized carbons (Fsp3) is 0.409. The summed E-state index contributed by atoms with van der Waals surface area (Å²) in [6.07, 6.45) is -0.433. The van der Waals surface area contributed by atoms with Gasteiger partial charge in [0, 0.05) is 49.7 Å². The predicted molar refractivity (Wildman–Crippen MR) is 115 cm³/mol. The normalized spacial score (nSPS) is 12.0. The van der Waals surface area contributed by atoms with Crippen LogP contribution < -0.4 is 19.4 Å². The van der Waals surface area contributed by atoms with Crippen molar-refractivity contribution >= 4 is 28.8 Å². The van der Waals surface area contributed by atoms with Crippen LogP contribution in [0.3, 0.4) is 0 Å². The molecule has 0 spiro atoms. The van der Waals surface area contributed by atoms with Crippen LogP contribution in [-0.2, 0) is 4.74 Å². The second-order valence-electron chi connectivity index (χ2n) is 6.56. The van der Waals surface area contributed by atoms with Gasteiger partial charge < -0.3 is 19.3 Å². The molecule has 3 rings (SSSR count). The first-order valence-corrected chi connectivity index (χ1v) is 9.91. The Morgan fingerprint density at radius 2 is 1.29 bits per heavy atom. The molecule has 1 aliphatic rings. The van der Waals surface area contributed by atoms with Crippen LogP contribution in [0.5, 0.6) is 11.5 Å². The fourth-order valence-corrected chi connectivity index (χ4v) is 3.65. The largest absolute Gasteiger partial charge is 0.453 e. The zero-order valence-corrected chi connectivity index (χ0v) is 17.4. The van der Waals surface area contributed by atoms with Crippen molar-refractivity contribution in [2.24, 2.45) is 0 Å². The Bertz CT molecular complexity index is 783. The summed E-state index contributed by atoms with van der Waals surface area (Å²) in [6.45, 7) is 12.1. The number of anilines is 4. The SMILES string of the molecule is CCN(CC)c1ccc2c(c1)Oc1cc(N(CC)CC)ccc1N2C(=O)OC. The van der Waals surface area contributed by atoms with Crippen molar-refractivity contribution in [3.8, 4) is 11.5 Å². The van der Waals surface area contributed by atoms with Gasteiger partial charge in [0.05, 0.1) is 18.5 Å². The number of ether oxygens (including phenoxy) is 2. The first-order valence-electron chi connectivity index (χ1n) is 9.91. The van der Waals surface area contributed by atoms with Crippen molar-refractivity contribution in [3.05, 3.63) is 36.4 Å². The minimum Gasteiger partial charge on any atom is -0.453 e. The number of carbonyl (C=O) groups excluding carboxylic acids is 1. The average Bonchev–Trinajstić information content (AvgIpc) is 2.73. The van der Waals surface area contributed by atoms with Gasteiger partial charge in [-0.1, -0.05) is 0 Å². The van der Waals surface area contributed by atoms with Gasteiger partial charge in [0.1, 0.15) is 0 Å². The molecule has 0 aromatic heterocycles. The van der Waals surface area contributed by atoms with Crippen molar-refractivity contribution < 1.29 is 14.3 Å². The zero-order chi connectivity index (χ0) is 20.3. The Morgan fingerprint density at radius 1 is 0.857 bits per heavy atom. The summed E-state index contributed by atoms with van der Waals surface area (Å²) < 4.78 is 11.3. The Hall–Kier alpha value is -2.89. The van der Waals surface area contributed by atoms with Crippen LogP contribution >= 0.6 is 0 Å². The molecular weight excluding hydrogens is 354 g/mol. The highest BCUT2D eigenvalue weighted by Gasteiger charge is 2.31. The first-order chi connectivity index (χ1) is 13.6. The van der Waals surface area contributed by atoms with E-state index in [9.17, 15) is 4.79 Å². The van der Waals surface area contributed by atoms with Crippen molar-refractivity contribution in [1.82, 2.24) is 0 Å². The third-order valence-electron chi connectivity index (χ3n) is 5.20. The van der Waals surface area contributed by atoms with E-state index in [1.54, 1.807) is 4.90 Å². The van der Waals surface area contributed by atoms with Gasteiger partial charge in [0.15, 0.2) is 11.5 Å². The lowest BCUT2D eigenvalue weighted by Crippen LogP contribution is -2.29. The number of hydrogen-bond acceptors (Lipinski definition) is 5. The van der Waals surface area contributed by atoms with Crippen LogP contribution in [0.25, 0.3) is 0 Å². The fourth-order valence-electron chi connectivity index (χ4n) is 3.65. The molecule has 1 aliphatic heterocycles. The van der Waals surface area contributed by atoms with Gasteiger partial charge in [-0.25, -0.2) is 9.69 Å². The zero-order valence-electron chi connectivity index (χ0n) is 17.4. The summed E-state index contributed by atoms with van der Waals surface area (Å²) in [6, 6.07) is 11.8. The summed E-state index contributed by atoms with van der Waals surface area (Å²) in [4.78, 5) is 18.6. The lowest BCUT2D eigenvalue weighted by atomic mass is 10.1. The molecular formula is C22H29N3O3. The third kappa shape index (κ3) is 3.46. The van der Waals surface area contributed by atoms with E-state index in [0.717, 1.165) is 37.6 Å². The van der Waals surface area contributed by atoms with Gasteiger partial charge in [-0.05, 0) is 52.0 Å². The van der Waals surface area contributed by atoms with E-state index < -0.39 is 6.09 Å². The number of carbonyl (C=O) groups is 1. The van der Waals surface area contributed by atoms with E-state index in [4.69, 9.17) is 9.47 Å². The molecule has 1 heterocycles. The number of methoxy groups -OCH3 is 1. The van der Waals surface area contributed by atoms with Crippen LogP contribution in [0.2, 0.25) is 0 Å². The summed E-state index contributed by atoms with van der Waals surface area (Å²) in [5.41, 5.74) is 3.51. The lowest BCUT2D eigenvalue weighted by Gasteiger charge is -2.32. The number of rotatable bonds is 6. The van der Waals surface area contributed by atoms with Gasteiger partial charge in [-0.15, -0.1) is 0 Å². The molecule has 0 bridgehead atoms. The standard InChI is InChI=1S/C22H29N3O3/c1-6-23(7-2)16-10-12-18-20(14-16)28-21-15-17(24(8-3)9-4)11-13-19(21)25(18)22(26)27-5/h10-15H,6-9H2,1-5H3. The van der Waals surface area contributed by atoms with Gasteiger partial charge >= 0.3 is 6.09 Å². The summed E-state index contributed by atoms with van der Waals surface area (Å²) in [5, 5.41) is 0. The minimum atomic E-state index is -0.433. The number of benzene rings is 2. The Kier molecular flexibility index (Phi) is 5.97. The Balaban J connectivity index is 2.10. The van der Waals surface area contributed by atoms with E-state index in [1.807, 2.05) is 36.4 Å². The molecule has 2 aromatic carbocycles. The molecule has 6 nitrogen and oxygen atoms in total. The number of fused-ring (bicyclic) bond motifs is 2. The molecule has 0 saturated carbocycles. The second kappa shape index (κ2) is 8.42. The second-order valence-corrected chi connectivity index (χ2v) is 6.56. The molecule has 0 atom stereocenters. The highest BCUT2D eigenvalue weighted by molar-refractivity contribution is 6.01. The van der Waals surface area contributed by atoms with Gasteiger partial charge in [0.2, 0.25) is 0 Å². The van der Waals surface area contributed by atoms with Crippen molar-refractivity contribution in [1.29, 1.82) is 0 Å². The summed E-state index contributed by atoms with van der Waals surface area (Å²) in [5.74, 6) is 1.30. The molecule has 28 heavy (non-hydrogen) atoms. The molecule has 2 aromatic rings. The van der Waals surface area contributed by atoms with E-state index in [1.165, 1.54) is 7.11 Å². The smallest absolute Gasteiger partial charge is 0.418 e. The first kappa shape index (κ1) is 19.9. The van der Waals surface area contributed by atoms with Crippen LogP contribution in [0.1, 0.15) is 27.7 Å². The highest BCUT2D eigenvalue weighted by atomic mass is 16.5. The van der Waals surface area contributed by atoms with Crippen molar-refractivity contribution in [3.63, 3.8) is 0 Å². The topological polar surface area (TPSA) is 45.2 Å². The molecule has 150 valence electrons. The van der Waals surface area contributed by atoms with Crippen molar-refractivity contribution in [2.45, 2.75) is 27.7 Å². The van der Waals surface area contributed by atoms with Crippen molar-refractivity contribution in [2.75, 3.05) is 48.0 Å². The molecule has 0 aliphatic carbocycles. The van der Waals surface area contributed by atoms with Crippen LogP contribution in [-0.4, -0.2) is 39.4 Å². The number of hydrogen-bond donors (Lipinski definition) is 0. The lowest BCUT2D eigenvalue weighted by molar-refractivity contribution is 0.181. The van der Waals surface area contributed by atoms with E-state index in [0.29, 0.717) is 22.9 Å². The molecule has 0 fully saturated rings. The molecule has 0 saturated heterocycles. The maximum absolute atomic E-state index is 12.6. The monoisotopic (exact) mass is 383 g/mol. The molecule has 6 heteroatoms. The average molecular weight is 383 g/mol. The predicted octanol–water partition coefficient (Wildman–Crippen LogP) is 5.39. The van der Waals surface area contributed by atoms with Crippen LogP contribution in [0.15, 0.2) is 36.4 Å². The quantitative estimate of drug-likeness (QED) is 0.669. The summed E-state index contributed by atoms with van der Waals surface area (Å²) in [7, 11) is 1.39. The maximum Gasteiger partial charge on any atom is 0.418 e. The molecule has 1 amide bonds. The number of nitrogens with zero attached hydrogens (tertiary/aromatic N) is 3. The third-order valence-corrected chi connectivity index (χ3v) is 5.20. The maximum atomic E-state index is 12.6. The van der Waals surface area contributed by atoms with E-state index in [-0.39, 0.29) is 0 Å². The minimum absolute atomic E-state index is 0.433. The van der Waals surface area contributed by atoms with Gasteiger partial charge in [0.25, 0.3) is 0 Å². The molecule has 0 radical (unpaired) electrons. The number of amides is 1. The Labute approximate surface area is 167 Å². The van der Waals surface area contributed by atoms with Crippen LogP contribution in [0, 0.1) is 0 Å². The Morgan fingerprint density at radius 3 is 1.64 bits per heavy atom. The van der Waals surface area contributed by atoms with E-state index >= 15 is 0 Å². The van der Waals surface area contributed by atoms with Gasteiger partial charge in [-0.3, -0.25) is 0 Å². The summed E-state index contributed by atoms with van der Waals surface area (Å²) >= 11 is 0. The highest BCUT2D eigenvalue weighted by Crippen LogP contribution is 2.49. The van der Waals surface area contributed by atoms with Crippen LogP contribution in [0.4, 0.5) is 27.5 Å².